The highest BCUT2D eigenvalue weighted by molar-refractivity contribution is 14.0. The first-order chi connectivity index (χ1) is 11.1. The summed E-state index contributed by atoms with van der Waals surface area (Å²) in [7, 11) is 1.75. The van der Waals surface area contributed by atoms with Crippen LogP contribution >= 0.6 is 39.9 Å². The molecule has 0 atom stereocenters. The van der Waals surface area contributed by atoms with E-state index in [0.717, 1.165) is 36.4 Å². The lowest BCUT2D eigenvalue weighted by atomic mass is 10.1. The molecule has 4 nitrogen and oxygen atoms in total. The van der Waals surface area contributed by atoms with E-state index in [1.807, 2.05) is 6.07 Å². The Morgan fingerprint density at radius 1 is 1.38 bits per heavy atom. The van der Waals surface area contributed by atoms with Gasteiger partial charge in [0.1, 0.15) is 5.82 Å². The highest BCUT2D eigenvalue weighted by atomic mass is 127. The lowest BCUT2D eigenvalue weighted by molar-refractivity contribution is 0.206. The zero-order valence-electron chi connectivity index (χ0n) is 14.3. The van der Waals surface area contributed by atoms with Crippen molar-refractivity contribution in [3.8, 4) is 0 Å². The van der Waals surface area contributed by atoms with Gasteiger partial charge >= 0.3 is 0 Å². The molecular formula is C17H27BrFIN4. The minimum absolute atomic E-state index is 0. The summed E-state index contributed by atoms with van der Waals surface area (Å²) < 4.78 is 14.6. The van der Waals surface area contributed by atoms with E-state index in [0.29, 0.717) is 18.2 Å². The van der Waals surface area contributed by atoms with Crippen LogP contribution in [0, 0.1) is 5.82 Å². The van der Waals surface area contributed by atoms with E-state index in [2.05, 4.69) is 43.4 Å². The van der Waals surface area contributed by atoms with E-state index in [1.165, 1.54) is 19.0 Å². The second-order valence-corrected chi connectivity index (χ2v) is 6.84. The van der Waals surface area contributed by atoms with Crippen molar-refractivity contribution in [2.24, 2.45) is 4.99 Å². The number of benzene rings is 1. The molecule has 0 radical (unpaired) electrons. The van der Waals surface area contributed by atoms with Crippen molar-refractivity contribution in [3.05, 3.63) is 34.1 Å². The van der Waals surface area contributed by atoms with Crippen molar-refractivity contribution in [2.45, 2.75) is 38.8 Å². The molecule has 0 unspecified atom stereocenters. The third-order valence-electron chi connectivity index (χ3n) is 4.15. The second kappa shape index (κ2) is 11.3. The van der Waals surface area contributed by atoms with Crippen LogP contribution in [0.1, 0.15) is 31.7 Å². The van der Waals surface area contributed by atoms with Gasteiger partial charge in [-0.05, 0) is 37.9 Å². The van der Waals surface area contributed by atoms with E-state index in [4.69, 9.17) is 0 Å². The summed E-state index contributed by atoms with van der Waals surface area (Å²) in [5.41, 5.74) is 0.633. The van der Waals surface area contributed by atoms with Gasteiger partial charge in [0.2, 0.25) is 0 Å². The fourth-order valence-corrected chi connectivity index (χ4v) is 3.18. The minimum Gasteiger partial charge on any atom is -0.354 e. The van der Waals surface area contributed by atoms with Gasteiger partial charge in [-0.2, -0.15) is 0 Å². The van der Waals surface area contributed by atoms with E-state index < -0.39 is 0 Å². The summed E-state index contributed by atoms with van der Waals surface area (Å²) in [5, 5.41) is 6.65. The topological polar surface area (TPSA) is 39.7 Å². The molecule has 2 N–H and O–H groups in total. The molecule has 136 valence electrons. The smallest absolute Gasteiger partial charge is 0.191 e. The lowest BCUT2D eigenvalue weighted by Crippen LogP contribution is -2.48. The SMILES string of the molecule is CCCN1CCC(NC(=NC)NCc2ccc(Br)cc2F)CC1.I. The molecule has 1 heterocycles. The Kier molecular flexibility index (Phi) is 10.1. The van der Waals surface area contributed by atoms with Crippen molar-refractivity contribution in [1.82, 2.24) is 15.5 Å². The number of nitrogens with one attached hydrogen (secondary N) is 2. The summed E-state index contributed by atoms with van der Waals surface area (Å²) in [6, 6.07) is 5.54. The third kappa shape index (κ3) is 6.84. The van der Waals surface area contributed by atoms with Crippen LogP contribution in [0.25, 0.3) is 0 Å². The van der Waals surface area contributed by atoms with Crippen LogP contribution in [-0.2, 0) is 6.54 Å². The van der Waals surface area contributed by atoms with Gasteiger partial charge in [0.05, 0.1) is 0 Å². The molecule has 1 aliphatic rings. The van der Waals surface area contributed by atoms with Gasteiger partial charge in [-0.15, -0.1) is 24.0 Å². The van der Waals surface area contributed by atoms with Crippen LogP contribution in [0.4, 0.5) is 4.39 Å². The molecule has 1 fully saturated rings. The van der Waals surface area contributed by atoms with Crippen molar-refractivity contribution < 1.29 is 4.39 Å². The number of likely N-dealkylation sites (tertiary alicyclic amines) is 1. The summed E-state index contributed by atoms with van der Waals surface area (Å²) in [6.45, 7) is 6.08. The second-order valence-electron chi connectivity index (χ2n) is 5.92. The number of hydrogen-bond donors (Lipinski definition) is 2. The van der Waals surface area contributed by atoms with Crippen LogP contribution in [0.15, 0.2) is 27.7 Å². The van der Waals surface area contributed by atoms with Crippen molar-refractivity contribution in [2.75, 3.05) is 26.7 Å². The van der Waals surface area contributed by atoms with Crippen LogP contribution in [0.5, 0.6) is 0 Å². The third-order valence-corrected chi connectivity index (χ3v) is 4.65. The fraction of sp³-hybridized carbons (Fsp3) is 0.588. The van der Waals surface area contributed by atoms with Gasteiger partial charge in [-0.1, -0.05) is 28.9 Å². The maximum absolute atomic E-state index is 13.8. The first kappa shape index (κ1) is 21.6. The average molecular weight is 513 g/mol. The standard InChI is InChI=1S/C17H26BrFN4.HI/c1-3-8-23-9-6-15(7-10-23)22-17(20-2)21-12-13-4-5-14(18)11-16(13)19;/h4-5,11,15H,3,6-10,12H2,1-2H3,(H2,20,21,22);1H. The molecule has 0 bridgehead atoms. The van der Waals surface area contributed by atoms with Crippen molar-refractivity contribution >= 4 is 45.9 Å². The van der Waals surface area contributed by atoms with Crippen LogP contribution in [-0.4, -0.2) is 43.6 Å². The molecule has 0 saturated carbocycles. The molecule has 0 amide bonds. The van der Waals surface area contributed by atoms with Crippen LogP contribution in [0.3, 0.4) is 0 Å². The fourth-order valence-electron chi connectivity index (χ4n) is 2.85. The quantitative estimate of drug-likeness (QED) is 0.358. The summed E-state index contributed by atoms with van der Waals surface area (Å²) in [6.07, 6.45) is 3.45. The predicted octanol–water partition coefficient (Wildman–Crippen LogP) is 3.75. The number of guanidine groups is 1. The molecule has 0 aliphatic carbocycles. The Hall–Kier alpha value is -0.410. The molecule has 7 heteroatoms. The van der Waals surface area contributed by atoms with Gasteiger partial charge in [-0.3, -0.25) is 4.99 Å². The highest BCUT2D eigenvalue weighted by Gasteiger charge is 2.19. The Morgan fingerprint density at radius 2 is 2.08 bits per heavy atom. The molecule has 1 saturated heterocycles. The summed E-state index contributed by atoms with van der Waals surface area (Å²) >= 11 is 3.27. The molecule has 24 heavy (non-hydrogen) atoms. The highest BCUT2D eigenvalue weighted by Crippen LogP contribution is 2.15. The molecular weight excluding hydrogens is 486 g/mol. The zero-order chi connectivity index (χ0) is 16.7. The molecule has 2 rings (SSSR count). The number of rotatable bonds is 5. The Morgan fingerprint density at radius 3 is 2.67 bits per heavy atom. The maximum Gasteiger partial charge on any atom is 0.191 e. The number of halogens is 3. The lowest BCUT2D eigenvalue weighted by Gasteiger charge is -2.32. The average Bonchev–Trinajstić information content (AvgIpc) is 2.54. The summed E-state index contributed by atoms with van der Waals surface area (Å²) in [5.74, 6) is 0.525. The van der Waals surface area contributed by atoms with E-state index in [-0.39, 0.29) is 29.8 Å². The van der Waals surface area contributed by atoms with Gasteiger partial charge in [0.25, 0.3) is 0 Å². The Balaban J connectivity index is 0.00000288. The van der Waals surface area contributed by atoms with Gasteiger partial charge in [0.15, 0.2) is 5.96 Å². The first-order valence-electron chi connectivity index (χ1n) is 8.25. The van der Waals surface area contributed by atoms with Crippen molar-refractivity contribution in [1.29, 1.82) is 0 Å². The Bertz CT molecular complexity index is 533. The predicted molar refractivity (Wildman–Crippen MR) is 113 cm³/mol. The zero-order valence-corrected chi connectivity index (χ0v) is 18.2. The Labute approximate surface area is 169 Å². The van der Waals surface area contributed by atoms with Gasteiger partial charge in [-0.25, -0.2) is 4.39 Å². The van der Waals surface area contributed by atoms with E-state index in [1.54, 1.807) is 13.1 Å². The minimum atomic E-state index is -0.213. The van der Waals surface area contributed by atoms with Crippen LogP contribution < -0.4 is 10.6 Å². The maximum atomic E-state index is 13.8. The van der Waals surface area contributed by atoms with E-state index >= 15 is 0 Å². The summed E-state index contributed by atoms with van der Waals surface area (Å²) in [4.78, 5) is 6.75. The van der Waals surface area contributed by atoms with E-state index in [9.17, 15) is 4.39 Å². The van der Waals surface area contributed by atoms with Crippen molar-refractivity contribution in [3.63, 3.8) is 0 Å². The number of piperidine rings is 1. The van der Waals surface area contributed by atoms with Gasteiger partial charge in [0, 0.05) is 42.8 Å². The monoisotopic (exact) mass is 512 g/mol. The molecule has 1 aromatic carbocycles. The number of hydrogen-bond acceptors (Lipinski definition) is 2. The molecule has 0 aromatic heterocycles. The largest absolute Gasteiger partial charge is 0.354 e. The molecule has 0 spiro atoms. The number of nitrogens with zero attached hydrogens (tertiary/aromatic N) is 2. The number of aliphatic imine (C=N–C) groups is 1. The molecule has 1 aromatic rings. The normalized spacial score (nSPS) is 16.6. The first-order valence-corrected chi connectivity index (χ1v) is 9.05. The molecule has 1 aliphatic heterocycles. The van der Waals surface area contributed by atoms with Crippen LogP contribution in [0.2, 0.25) is 0 Å². The van der Waals surface area contributed by atoms with Gasteiger partial charge < -0.3 is 15.5 Å².